The van der Waals surface area contributed by atoms with E-state index in [4.69, 9.17) is 5.11 Å². The summed E-state index contributed by atoms with van der Waals surface area (Å²) < 4.78 is 1.74. The molecule has 2 aromatic heterocycles. The zero-order valence-electron chi connectivity index (χ0n) is 11.5. The molecule has 6 nitrogen and oxygen atoms in total. The maximum Gasteiger partial charge on any atom is 0.271 e. The maximum atomic E-state index is 12.1. The molecule has 2 aromatic rings. The summed E-state index contributed by atoms with van der Waals surface area (Å²) >= 11 is 0. The van der Waals surface area contributed by atoms with Crippen LogP contribution in [-0.4, -0.2) is 38.9 Å². The molecule has 0 aliphatic rings. The van der Waals surface area contributed by atoms with Gasteiger partial charge in [0.25, 0.3) is 5.91 Å². The highest BCUT2D eigenvalue weighted by molar-refractivity contribution is 5.94. The van der Waals surface area contributed by atoms with Crippen LogP contribution in [0.2, 0.25) is 0 Å². The van der Waals surface area contributed by atoms with Crippen LogP contribution in [0.25, 0.3) is 0 Å². The molecule has 0 aromatic carbocycles. The molecule has 108 valence electrons. The van der Waals surface area contributed by atoms with Crippen LogP contribution in [0, 0.1) is 11.8 Å². The molecule has 0 unspecified atom stereocenters. The zero-order valence-corrected chi connectivity index (χ0v) is 11.5. The summed E-state index contributed by atoms with van der Waals surface area (Å²) in [6.45, 7) is 1.05. The molecule has 0 atom stereocenters. The third-order valence-electron chi connectivity index (χ3n) is 2.67. The third kappa shape index (κ3) is 4.44. The largest absolute Gasteiger partial charge is 0.395 e. The van der Waals surface area contributed by atoms with E-state index in [1.54, 1.807) is 29.2 Å². The Labute approximate surface area is 122 Å². The van der Waals surface area contributed by atoms with Crippen LogP contribution in [0.3, 0.4) is 0 Å². The number of amides is 1. The average molecular weight is 284 g/mol. The van der Waals surface area contributed by atoms with Gasteiger partial charge in [-0.05, 0) is 18.2 Å². The summed E-state index contributed by atoms with van der Waals surface area (Å²) in [5.74, 6) is 5.37. The van der Waals surface area contributed by atoms with Crippen molar-refractivity contribution in [1.82, 2.24) is 20.1 Å². The first-order valence-corrected chi connectivity index (χ1v) is 6.61. The number of aliphatic hydroxyl groups excluding tert-OH is 1. The number of pyridine rings is 1. The average Bonchev–Trinajstić information content (AvgIpc) is 3.01. The van der Waals surface area contributed by atoms with E-state index in [0.717, 1.165) is 0 Å². The lowest BCUT2D eigenvalue weighted by Gasteiger charge is -2.06. The molecule has 2 rings (SSSR count). The number of hydrogen-bond donors (Lipinski definition) is 2. The fourth-order valence-electron chi connectivity index (χ4n) is 1.70. The minimum atomic E-state index is -0.268. The zero-order chi connectivity index (χ0) is 14.9. The Morgan fingerprint density at radius 2 is 2.29 bits per heavy atom. The molecule has 2 N–H and O–H groups in total. The van der Waals surface area contributed by atoms with Crippen molar-refractivity contribution in [2.24, 2.45) is 0 Å². The van der Waals surface area contributed by atoms with Gasteiger partial charge in [-0.15, -0.1) is 0 Å². The molecule has 0 fully saturated rings. The Morgan fingerprint density at radius 1 is 1.38 bits per heavy atom. The number of carbonyl (C=O) groups is 1. The predicted molar refractivity (Wildman–Crippen MR) is 77.4 cm³/mol. The van der Waals surface area contributed by atoms with Gasteiger partial charge < -0.3 is 10.4 Å². The highest BCUT2D eigenvalue weighted by Gasteiger charge is 2.10. The third-order valence-corrected chi connectivity index (χ3v) is 2.67. The van der Waals surface area contributed by atoms with Crippen LogP contribution in [0.1, 0.15) is 22.5 Å². The van der Waals surface area contributed by atoms with Crippen molar-refractivity contribution >= 4 is 5.91 Å². The van der Waals surface area contributed by atoms with Gasteiger partial charge in [0.05, 0.1) is 18.7 Å². The van der Waals surface area contributed by atoms with Crippen molar-refractivity contribution < 1.29 is 9.90 Å². The van der Waals surface area contributed by atoms with Crippen LogP contribution >= 0.6 is 0 Å². The first-order chi connectivity index (χ1) is 10.3. The smallest absolute Gasteiger partial charge is 0.271 e. The molecule has 0 radical (unpaired) electrons. The molecule has 0 bridgehead atoms. The second kappa shape index (κ2) is 7.82. The van der Waals surface area contributed by atoms with Gasteiger partial charge in [-0.2, -0.15) is 5.10 Å². The fourth-order valence-corrected chi connectivity index (χ4v) is 1.70. The normalized spacial score (nSPS) is 9.76. The summed E-state index contributed by atoms with van der Waals surface area (Å²) in [5.41, 5.74) is 0.853. The van der Waals surface area contributed by atoms with Gasteiger partial charge in [0.1, 0.15) is 5.69 Å². The van der Waals surface area contributed by atoms with Crippen molar-refractivity contribution in [2.45, 2.75) is 13.0 Å². The Balaban J connectivity index is 1.97. The second-order valence-electron chi connectivity index (χ2n) is 4.20. The van der Waals surface area contributed by atoms with Crippen LogP contribution in [-0.2, 0) is 6.54 Å². The van der Waals surface area contributed by atoms with Gasteiger partial charge in [-0.25, -0.2) is 4.98 Å². The van der Waals surface area contributed by atoms with E-state index < -0.39 is 0 Å². The molecule has 1 amide bonds. The monoisotopic (exact) mass is 284 g/mol. The molecule has 2 heterocycles. The van der Waals surface area contributed by atoms with Crippen molar-refractivity contribution in [3.8, 4) is 11.8 Å². The predicted octanol–water partition coefficient (Wildman–Crippen LogP) is 0.442. The van der Waals surface area contributed by atoms with Crippen molar-refractivity contribution in [3.05, 3.63) is 48.0 Å². The number of nitrogens with one attached hydrogen (secondary N) is 1. The topological polar surface area (TPSA) is 80.0 Å². The molecule has 0 saturated carbocycles. The van der Waals surface area contributed by atoms with Gasteiger partial charge in [0, 0.05) is 31.6 Å². The number of rotatable bonds is 5. The first-order valence-electron chi connectivity index (χ1n) is 6.61. The van der Waals surface area contributed by atoms with E-state index >= 15 is 0 Å². The number of nitrogens with zero attached hydrogens (tertiary/aromatic N) is 3. The fraction of sp³-hybridized carbons (Fsp3) is 0.267. The maximum absolute atomic E-state index is 12.1. The van der Waals surface area contributed by atoms with Crippen molar-refractivity contribution in [1.29, 1.82) is 0 Å². The number of aliphatic hydroxyl groups is 1. The molecule has 0 spiro atoms. The SMILES string of the molecule is O=C(NCCn1cccn1)c1ncccc1C#CCCO. The van der Waals surface area contributed by atoms with E-state index in [2.05, 4.69) is 27.2 Å². The Bertz CT molecular complexity index is 641. The second-order valence-corrected chi connectivity index (χ2v) is 4.20. The Morgan fingerprint density at radius 3 is 3.05 bits per heavy atom. The van der Waals surface area contributed by atoms with Gasteiger partial charge in [-0.3, -0.25) is 9.48 Å². The first kappa shape index (κ1) is 14.8. The van der Waals surface area contributed by atoms with E-state index in [9.17, 15) is 4.79 Å². The lowest BCUT2D eigenvalue weighted by atomic mass is 10.2. The molecular formula is C15H16N4O2. The summed E-state index contributed by atoms with van der Waals surface area (Å²) in [7, 11) is 0. The summed E-state index contributed by atoms with van der Waals surface area (Å²) in [5, 5.41) is 15.6. The van der Waals surface area contributed by atoms with Crippen molar-refractivity contribution in [2.75, 3.05) is 13.2 Å². The van der Waals surface area contributed by atoms with Crippen LogP contribution in [0.5, 0.6) is 0 Å². The van der Waals surface area contributed by atoms with E-state index in [0.29, 0.717) is 30.8 Å². The number of hydrogen-bond acceptors (Lipinski definition) is 4. The van der Waals surface area contributed by atoms with Gasteiger partial charge in [0.15, 0.2) is 0 Å². The van der Waals surface area contributed by atoms with E-state index in [-0.39, 0.29) is 12.5 Å². The van der Waals surface area contributed by atoms with E-state index in [1.165, 1.54) is 0 Å². The van der Waals surface area contributed by atoms with Crippen LogP contribution < -0.4 is 5.32 Å². The number of aromatic nitrogens is 3. The minimum absolute atomic E-state index is 0.00133. The van der Waals surface area contributed by atoms with Gasteiger partial charge in [0.2, 0.25) is 0 Å². The van der Waals surface area contributed by atoms with Crippen molar-refractivity contribution in [3.63, 3.8) is 0 Å². The Kier molecular flexibility index (Phi) is 5.50. The highest BCUT2D eigenvalue weighted by Crippen LogP contribution is 2.03. The molecule has 0 saturated heterocycles. The lowest BCUT2D eigenvalue weighted by Crippen LogP contribution is -2.28. The summed E-state index contributed by atoms with van der Waals surface area (Å²) in [4.78, 5) is 16.2. The van der Waals surface area contributed by atoms with Gasteiger partial charge >= 0.3 is 0 Å². The standard InChI is InChI=1S/C15H16N4O2/c20-12-2-1-5-13-6-3-7-16-14(13)15(21)17-9-11-19-10-4-8-18-19/h3-4,6-8,10,20H,2,9,11-12H2,(H,17,21). The quantitative estimate of drug-likeness (QED) is 0.781. The molecule has 0 aliphatic heterocycles. The summed E-state index contributed by atoms with van der Waals surface area (Å²) in [6, 6.07) is 5.29. The van der Waals surface area contributed by atoms with Crippen LogP contribution in [0.4, 0.5) is 0 Å². The van der Waals surface area contributed by atoms with Gasteiger partial charge in [-0.1, -0.05) is 11.8 Å². The lowest BCUT2D eigenvalue weighted by molar-refractivity contribution is 0.0946. The molecular weight excluding hydrogens is 268 g/mol. The Hall–Kier alpha value is -2.65. The molecule has 0 aliphatic carbocycles. The minimum Gasteiger partial charge on any atom is -0.395 e. The van der Waals surface area contributed by atoms with Crippen LogP contribution in [0.15, 0.2) is 36.8 Å². The summed E-state index contributed by atoms with van der Waals surface area (Å²) in [6.07, 6.45) is 5.45. The highest BCUT2D eigenvalue weighted by atomic mass is 16.2. The molecule has 6 heteroatoms. The van der Waals surface area contributed by atoms with E-state index in [1.807, 2.05) is 12.3 Å². The number of carbonyl (C=O) groups excluding carboxylic acids is 1. The molecule has 21 heavy (non-hydrogen) atoms.